The van der Waals surface area contributed by atoms with Gasteiger partial charge in [-0.25, -0.2) is 0 Å². The second kappa shape index (κ2) is 6.89. The van der Waals surface area contributed by atoms with Gasteiger partial charge >= 0.3 is 0 Å². The summed E-state index contributed by atoms with van der Waals surface area (Å²) in [6.45, 7) is 3.66. The summed E-state index contributed by atoms with van der Waals surface area (Å²) in [7, 11) is 0. The SMILES string of the molecule is Cc1nnc(S[C@H](C)C(=O)Nc2ccc(C#N)c(Cl)c2)s1. The second-order valence-electron chi connectivity index (χ2n) is 4.14. The van der Waals surface area contributed by atoms with E-state index in [9.17, 15) is 4.79 Å². The Bertz CT molecular complexity index is 710. The lowest BCUT2D eigenvalue weighted by atomic mass is 10.2. The van der Waals surface area contributed by atoms with Gasteiger partial charge in [0.2, 0.25) is 5.91 Å². The molecule has 0 unspecified atom stereocenters. The van der Waals surface area contributed by atoms with E-state index in [1.54, 1.807) is 25.1 Å². The lowest BCUT2D eigenvalue weighted by molar-refractivity contribution is -0.115. The number of aromatic nitrogens is 2. The Balaban J connectivity index is 2.00. The molecule has 0 saturated heterocycles. The first-order valence-corrected chi connectivity index (χ1v) is 8.04. The van der Waals surface area contributed by atoms with Crippen molar-refractivity contribution in [2.45, 2.75) is 23.4 Å². The highest BCUT2D eigenvalue weighted by Gasteiger charge is 2.17. The van der Waals surface area contributed by atoms with Crippen LogP contribution < -0.4 is 5.32 Å². The third-order valence-electron chi connectivity index (χ3n) is 2.51. The maximum absolute atomic E-state index is 12.1. The Hall–Kier alpha value is -1.62. The van der Waals surface area contributed by atoms with Crippen LogP contribution in [0.4, 0.5) is 5.69 Å². The molecule has 2 aromatic rings. The van der Waals surface area contributed by atoms with Crippen molar-refractivity contribution >= 4 is 46.3 Å². The zero-order valence-corrected chi connectivity index (χ0v) is 13.6. The number of amides is 1. The van der Waals surface area contributed by atoms with E-state index in [-0.39, 0.29) is 11.2 Å². The number of nitriles is 1. The molecule has 0 fully saturated rings. The minimum atomic E-state index is -0.313. The third-order valence-corrected chi connectivity index (χ3v) is 4.85. The molecule has 108 valence electrons. The number of nitrogens with zero attached hydrogens (tertiary/aromatic N) is 3. The lowest BCUT2D eigenvalue weighted by Gasteiger charge is -2.10. The summed E-state index contributed by atoms with van der Waals surface area (Å²) in [6, 6.07) is 6.75. The first kappa shape index (κ1) is 15.8. The van der Waals surface area contributed by atoms with E-state index >= 15 is 0 Å². The van der Waals surface area contributed by atoms with Crippen molar-refractivity contribution in [2.75, 3.05) is 5.32 Å². The standard InChI is InChI=1S/C13H11ClN4OS2/c1-7(20-13-18-17-8(2)21-13)12(19)16-10-4-3-9(6-15)11(14)5-10/h3-5,7H,1-2H3,(H,16,19)/t7-/m1/s1. The first-order valence-electron chi connectivity index (χ1n) is 5.97. The van der Waals surface area contributed by atoms with Gasteiger partial charge in [0.25, 0.3) is 0 Å². The molecule has 21 heavy (non-hydrogen) atoms. The largest absolute Gasteiger partial charge is 0.325 e. The van der Waals surface area contributed by atoms with Crippen molar-refractivity contribution in [3.05, 3.63) is 33.8 Å². The zero-order chi connectivity index (χ0) is 15.4. The Morgan fingerprint density at radius 1 is 1.52 bits per heavy atom. The lowest BCUT2D eigenvalue weighted by Crippen LogP contribution is -2.22. The van der Waals surface area contributed by atoms with Crippen molar-refractivity contribution in [1.82, 2.24) is 10.2 Å². The van der Waals surface area contributed by atoms with Crippen LogP contribution in [0.5, 0.6) is 0 Å². The number of rotatable bonds is 4. The van der Waals surface area contributed by atoms with Crippen LogP contribution in [0.3, 0.4) is 0 Å². The van der Waals surface area contributed by atoms with Gasteiger partial charge in [0.15, 0.2) is 4.34 Å². The van der Waals surface area contributed by atoms with E-state index < -0.39 is 0 Å². The van der Waals surface area contributed by atoms with E-state index in [0.29, 0.717) is 16.3 Å². The van der Waals surface area contributed by atoms with Crippen LogP contribution in [0.15, 0.2) is 22.5 Å². The van der Waals surface area contributed by atoms with Gasteiger partial charge in [-0.15, -0.1) is 10.2 Å². The van der Waals surface area contributed by atoms with Crippen LogP contribution in [0.2, 0.25) is 5.02 Å². The van der Waals surface area contributed by atoms with Crippen LogP contribution in [0, 0.1) is 18.3 Å². The number of aryl methyl sites for hydroxylation is 1. The predicted octanol–water partition coefficient (Wildman–Crippen LogP) is 3.49. The topological polar surface area (TPSA) is 78.7 Å². The normalized spacial score (nSPS) is 11.7. The number of benzene rings is 1. The van der Waals surface area contributed by atoms with Gasteiger partial charge in [0.05, 0.1) is 15.8 Å². The molecular weight excluding hydrogens is 328 g/mol. The molecule has 0 aliphatic rings. The first-order chi connectivity index (χ1) is 9.99. The maximum atomic E-state index is 12.1. The van der Waals surface area contributed by atoms with Crippen molar-refractivity contribution in [3.8, 4) is 6.07 Å². The summed E-state index contributed by atoms with van der Waals surface area (Å²) >= 11 is 8.73. The van der Waals surface area contributed by atoms with Crippen LogP contribution >= 0.6 is 34.7 Å². The molecule has 1 heterocycles. The molecule has 1 atom stereocenters. The third kappa shape index (κ3) is 4.17. The Morgan fingerprint density at radius 3 is 2.86 bits per heavy atom. The quantitative estimate of drug-likeness (QED) is 0.863. The smallest absolute Gasteiger partial charge is 0.237 e. The summed E-state index contributed by atoms with van der Waals surface area (Å²) in [5.74, 6) is -0.159. The Morgan fingerprint density at radius 2 is 2.29 bits per heavy atom. The monoisotopic (exact) mass is 338 g/mol. The number of anilines is 1. The van der Waals surface area contributed by atoms with Gasteiger partial charge in [-0.3, -0.25) is 4.79 Å². The predicted molar refractivity (Wildman–Crippen MR) is 84.8 cm³/mol. The molecule has 8 heteroatoms. The molecule has 5 nitrogen and oxygen atoms in total. The van der Waals surface area contributed by atoms with E-state index in [0.717, 1.165) is 9.35 Å². The maximum Gasteiger partial charge on any atom is 0.237 e. The molecule has 2 rings (SSSR count). The molecule has 1 N–H and O–H groups in total. The molecule has 1 aromatic carbocycles. The molecule has 0 spiro atoms. The minimum absolute atomic E-state index is 0.159. The Labute approximate surface area is 135 Å². The molecule has 0 aliphatic carbocycles. The van der Waals surface area contributed by atoms with Crippen LogP contribution in [-0.2, 0) is 4.79 Å². The molecule has 0 aliphatic heterocycles. The highest BCUT2D eigenvalue weighted by atomic mass is 35.5. The number of thioether (sulfide) groups is 1. The molecule has 0 saturated carbocycles. The van der Waals surface area contributed by atoms with Crippen LogP contribution in [0.25, 0.3) is 0 Å². The van der Waals surface area contributed by atoms with Crippen molar-refractivity contribution in [1.29, 1.82) is 5.26 Å². The van der Waals surface area contributed by atoms with E-state index in [1.807, 2.05) is 13.0 Å². The molecule has 0 radical (unpaired) electrons. The van der Waals surface area contributed by atoms with Crippen molar-refractivity contribution in [2.24, 2.45) is 0 Å². The van der Waals surface area contributed by atoms with E-state index in [1.165, 1.54) is 23.1 Å². The molecular formula is C13H11ClN4OS2. The van der Waals surface area contributed by atoms with Gasteiger partial charge in [-0.1, -0.05) is 34.7 Å². The van der Waals surface area contributed by atoms with Gasteiger partial charge in [-0.2, -0.15) is 5.26 Å². The fourth-order valence-corrected chi connectivity index (χ4v) is 3.64. The van der Waals surface area contributed by atoms with Gasteiger partial charge < -0.3 is 5.32 Å². The van der Waals surface area contributed by atoms with Crippen molar-refractivity contribution < 1.29 is 4.79 Å². The summed E-state index contributed by atoms with van der Waals surface area (Å²) in [6.07, 6.45) is 0. The minimum Gasteiger partial charge on any atom is -0.325 e. The fourth-order valence-electron chi connectivity index (χ4n) is 1.46. The number of halogens is 1. The number of carbonyl (C=O) groups excluding carboxylic acids is 1. The number of hydrogen-bond acceptors (Lipinski definition) is 6. The summed E-state index contributed by atoms with van der Waals surface area (Å²) in [5, 5.41) is 20.3. The zero-order valence-electron chi connectivity index (χ0n) is 11.3. The number of hydrogen-bond donors (Lipinski definition) is 1. The van der Waals surface area contributed by atoms with E-state index in [4.69, 9.17) is 16.9 Å². The molecule has 0 bridgehead atoms. The highest BCUT2D eigenvalue weighted by molar-refractivity contribution is 8.02. The van der Waals surface area contributed by atoms with Gasteiger partial charge in [0, 0.05) is 5.69 Å². The van der Waals surface area contributed by atoms with Gasteiger partial charge in [-0.05, 0) is 32.0 Å². The highest BCUT2D eigenvalue weighted by Crippen LogP contribution is 2.27. The van der Waals surface area contributed by atoms with Crippen LogP contribution in [-0.4, -0.2) is 21.4 Å². The number of carbonyl (C=O) groups is 1. The van der Waals surface area contributed by atoms with E-state index in [2.05, 4.69) is 15.5 Å². The van der Waals surface area contributed by atoms with Crippen LogP contribution in [0.1, 0.15) is 17.5 Å². The fraction of sp³-hybridized carbons (Fsp3) is 0.231. The van der Waals surface area contributed by atoms with Crippen molar-refractivity contribution in [3.63, 3.8) is 0 Å². The summed E-state index contributed by atoms with van der Waals surface area (Å²) in [5.41, 5.74) is 0.936. The Kier molecular flexibility index (Phi) is 5.17. The summed E-state index contributed by atoms with van der Waals surface area (Å²) < 4.78 is 0.757. The molecule has 1 aromatic heterocycles. The van der Waals surface area contributed by atoms with Gasteiger partial charge in [0.1, 0.15) is 11.1 Å². The second-order valence-corrected chi connectivity index (χ2v) is 7.32. The summed E-state index contributed by atoms with van der Waals surface area (Å²) in [4.78, 5) is 12.1. The number of nitrogens with one attached hydrogen (secondary N) is 1. The molecule has 1 amide bonds. The average molecular weight is 339 g/mol. The average Bonchev–Trinajstić information content (AvgIpc) is 2.84.